The minimum atomic E-state index is -0.376. The fraction of sp³-hybridized carbons (Fsp3) is 0.250. The van der Waals surface area contributed by atoms with Gasteiger partial charge in [-0.1, -0.05) is 54.6 Å². The van der Waals surface area contributed by atoms with Gasteiger partial charge in [0, 0.05) is 17.4 Å². The molecule has 3 nitrogen and oxygen atoms in total. The van der Waals surface area contributed by atoms with E-state index in [-0.39, 0.29) is 18.2 Å². The number of thiazole rings is 1. The molecule has 1 aliphatic carbocycles. The maximum absolute atomic E-state index is 10.4. The van der Waals surface area contributed by atoms with Gasteiger partial charge in [0.25, 0.3) is 0 Å². The van der Waals surface area contributed by atoms with Crippen LogP contribution < -0.4 is 5.32 Å². The summed E-state index contributed by atoms with van der Waals surface area (Å²) in [6.07, 6.45) is 0.339. The predicted molar refractivity (Wildman–Crippen MR) is 98.0 cm³/mol. The zero-order chi connectivity index (χ0) is 16.5. The number of fused-ring (bicyclic) bond motifs is 1. The molecule has 4 rings (SSSR count). The molecule has 2 N–H and O–H groups in total. The van der Waals surface area contributed by atoms with Gasteiger partial charge in [-0.05, 0) is 18.1 Å². The van der Waals surface area contributed by atoms with E-state index in [0.29, 0.717) is 6.42 Å². The molecule has 4 heteroatoms. The highest BCUT2D eigenvalue weighted by atomic mass is 32.1. The maximum Gasteiger partial charge on any atom is 0.110 e. The summed E-state index contributed by atoms with van der Waals surface area (Å²) in [7, 11) is 0. The largest absolute Gasteiger partial charge is 0.391 e. The molecule has 122 valence electrons. The van der Waals surface area contributed by atoms with Crippen LogP contribution in [0.3, 0.4) is 0 Å². The van der Waals surface area contributed by atoms with Gasteiger partial charge in [0.15, 0.2) is 0 Å². The summed E-state index contributed by atoms with van der Waals surface area (Å²) in [4.78, 5) is 4.78. The molecule has 1 heterocycles. The normalized spacial score (nSPS) is 20.8. The third kappa shape index (κ3) is 2.88. The van der Waals surface area contributed by atoms with Crippen molar-refractivity contribution < 1.29 is 5.11 Å². The van der Waals surface area contributed by atoms with Crippen molar-refractivity contribution >= 4 is 11.3 Å². The van der Waals surface area contributed by atoms with Crippen LogP contribution >= 0.6 is 11.3 Å². The average Bonchev–Trinajstić information content (AvgIpc) is 3.21. The lowest BCUT2D eigenvalue weighted by Gasteiger charge is -2.21. The number of benzene rings is 2. The topological polar surface area (TPSA) is 45.1 Å². The first-order chi connectivity index (χ1) is 11.7. The van der Waals surface area contributed by atoms with Crippen LogP contribution in [0.2, 0.25) is 0 Å². The Bertz CT molecular complexity index is 830. The van der Waals surface area contributed by atoms with Gasteiger partial charge in [0.05, 0.1) is 23.9 Å². The van der Waals surface area contributed by atoms with E-state index < -0.39 is 0 Å². The minimum absolute atomic E-state index is 0.0275. The SMILES string of the molecule is C[C@@H](N[C@@H]1c2ccccc2C[C@@H]1O)c1nc(-c2ccccc2)cs1. The number of aromatic nitrogens is 1. The molecule has 0 saturated carbocycles. The third-order valence-corrected chi connectivity index (χ3v) is 5.62. The Morgan fingerprint density at radius 2 is 1.88 bits per heavy atom. The lowest BCUT2D eigenvalue weighted by molar-refractivity contribution is 0.136. The van der Waals surface area contributed by atoms with Gasteiger partial charge in [-0.15, -0.1) is 11.3 Å². The molecule has 0 aliphatic heterocycles. The number of nitrogens with zero attached hydrogens (tertiary/aromatic N) is 1. The van der Waals surface area contributed by atoms with Crippen LogP contribution in [0.5, 0.6) is 0 Å². The highest BCUT2D eigenvalue weighted by Gasteiger charge is 2.32. The van der Waals surface area contributed by atoms with Gasteiger partial charge < -0.3 is 5.11 Å². The molecule has 0 spiro atoms. The zero-order valence-electron chi connectivity index (χ0n) is 13.5. The molecule has 0 bridgehead atoms. The maximum atomic E-state index is 10.4. The monoisotopic (exact) mass is 336 g/mol. The van der Waals surface area contributed by atoms with Crippen LogP contribution in [0, 0.1) is 0 Å². The first-order valence-electron chi connectivity index (χ1n) is 8.25. The summed E-state index contributed by atoms with van der Waals surface area (Å²) in [5, 5.41) is 17.1. The zero-order valence-corrected chi connectivity index (χ0v) is 14.3. The van der Waals surface area contributed by atoms with Gasteiger partial charge in [-0.3, -0.25) is 5.32 Å². The molecule has 0 amide bonds. The van der Waals surface area contributed by atoms with Crippen LogP contribution in [0.25, 0.3) is 11.3 Å². The average molecular weight is 336 g/mol. The molecule has 3 aromatic rings. The molecule has 3 atom stereocenters. The highest BCUT2D eigenvalue weighted by molar-refractivity contribution is 7.10. The van der Waals surface area contributed by atoms with E-state index in [1.54, 1.807) is 11.3 Å². The molecular weight excluding hydrogens is 316 g/mol. The van der Waals surface area contributed by atoms with Crippen LogP contribution in [-0.4, -0.2) is 16.2 Å². The third-order valence-electron chi connectivity index (χ3n) is 4.60. The summed E-state index contributed by atoms with van der Waals surface area (Å²) < 4.78 is 0. The van der Waals surface area contributed by atoms with Crippen molar-refractivity contribution in [3.05, 3.63) is 76.1 Å². The Labute approximate surface area is 146 Å². The minimum Gasteiger partial charge on any atom is -0.391 e. The second-order valence-corrected chi connectivity index (χ2v) is 7.16. The van der Waals surface area contributed by atoms with E-state index in [9.17, 15) is 5.11 Å². The Morgan fingerprint density at radius 1 is 1.12 bits per heavy atom. The highest BCUT2D eigenvalue weighted by Crippen LogP contribution is 2.34. The lowest BCUT2D eigenvalue weighted by atomic mass is 10.1. The molecule has 1 aliphatic rings. The Balaban J connectivity index is 1.53. The summed E-state index contributed by atoms with van der Waals surface area (Å²) in [6, 6.07) is 18.6. The molecule has 2 aromatic carbocycles. The van der Waals surface area contributed by atoms with E-state index in [2.05, 4.69) is 41.9 Å². The Hall–Kier alpha value is -2.01. The quantitative estimate of drug-likeness (QED) is 0.753. The van der Waals surface area contributed by atoms with Crippen LogP contribution in [0.1, 0.15) is 35.1 Å². The molecule has 0 fully saturated rings. The summed E-state index contributed by atoms with van der Waals surface area (Å²) in [5.41, 5.74) is 4.59. The summed E-state index contributed by atoms with van der Waals surface area (Å²) >= 11 is 1.66. The molecule has 0 radical (unpaired) electrons. The van der Waals surface area contributed by atoms with E-state index >= 15 is 0 Å². The Kier molecular flexibility index (Phi) is 4.19. The van der Waals surface area contributed by atoms with Gasteiger partial charge >= 0.3 is 0 Å². The van der Waals surface area contributed by atoms with Crippen molar-refractivity contribution in [2.24, 2.45) is 0 Å². The van der Waals surface area contributed by atoms with Crippen LogP contribution in [0.4, 0.5) is 0 Å². The van der Waals surface area contributed by atoms with Crippen molar-refractivity contribution in [2.75, 3.05) is 0 Å². The fourth-order valence-corrected chi connectivity index (χ4v) is 4.19. The van der Waals surface area contributed by atoms with Gasteiger partial charge in [0.1, 0.15) is 5.01 Å². The predicted octanol–water partition coefficient (Wildman–Crippen LogP) is 4.12. The van der Waals surface area contributed by atoms with Crippen LogP contribution in [-0.2, 0) is 6.42 Å². The number of aliphatic hydroxyl groups excluding tert-OH is 1. The standard InChI is InChI=1S/C20H20N2OS/c1-13(20-22-17(12-24-20)14-7-3-2-4-8-14)21-19-16-10-6-5-9-15(16)11-18(19)23/h2-10,12-13,18-19,21,23H,11H2,1H3/t13-,18+,19-/m1/s1. The number of rotatable bonds is 4. The number of aliphatic hydroxyl groups is 1. The van der Waals surface area contributed by atoms with E-state index in [4.69, 9.17) is 4.98 Å². The van der Waals surface area contributed by atoms with E-state index in [1.165, 1.54) is 11.1 Å². The summed E-state index contributed by atoms with van der Waals surface area (Å²) in [5.74, 6) is 0. The molecule has 24 heavy (non-hydrogen) atoms. The molecule has 1 aromatic heterocycles. The molecular formula is C20H20N2OS. The van der Waals surface area contributed by atoms with Crippen molar-refractivity contribution in [3.8, 4) is 11.3 Å². The van der Waals surface area contributed by atoms with Crippen molar-refractivity contribution in [1.29, 1.82) is 0 Å². The lowest BCUT2D eigenvalue weighted by Crippen LogP contribution is -2.30. The van der Waals surface area contributed by atoms with E-state index in [1.807, 2.05) is 30.3 Å². The van der Waals surface area contributed by atoms with Crippen molar-refractivity contribution in [3.63, 3.8) is 0 Å². The second-order valence-electron chi connectivity index (χ2n) is 6.27. The van der Waals surface area contributed by atoms with Gasteiger partial charge in [0.2, 0.25) is 0 Å². The second kappa shape index (κ2) is 6.48. The Morgan fingerprint density at radius 3 is 2.71 bits per heavy atom. The summed E-state index contributed by atoms with van der Waals surface area (Å²) in [6.45, 7) is 2.11. The van der Waals surface area contributed by atoms with E-state index in [0.717, 1.165) is 16.3 Å². The number of nitrogens with one attached hydrogen (secondary N) is 1. The molecule has 0 saturated heterocycles. The smallest absolute Gasteiger partial charge is 0.110 e. The van der Waals surface area contributed by atoms with Gasteiger partial charge in [-0.2, -0.15) is 0 Å². The number of hydrogen-bond donors (Lipinski definition) is 2. The van der Waals surface area contributed by atoms with Crippen molar-refractivity contribution in [1.82, 2.24) is 10.3 Å². The first kappa shape index (κ1) is 15.5. The number of hydrogen-bond acceptors (Lipinski definition) is 4. The van der Waals surface area contributed by atoms with Crippen molar-refractivity contribution in [2.45, 2.75) is 31.5 Å². The van der Waals surface area contributed by atoms with Crippen LogP contribution in [0.15, 0.2) is 60.0 Å². The van der Waals surface area contributed by atoms with Gasteiger partial charge in [-0.25, -0.2) is 4.98 Å². The fourth-order valence-electron chi connectivity index (χ4n) is 3.34. The first-order valence-corrected chi connectivity index (χ1v) is 9.13. The molecule has 0 unspecified atom stereocenters.